The third kappa shape index (κ3) is 2.63. The number of hydrogen-bond acceptors (Lipinski definition) is 2. The SMILES string of the molecule is C#CCNC(=O)Cn1nc(C)c(CC)c1C. The van der Waals surface area contributed by atoms with E-state index in [1.165, 1.54) is 5.56 Å². The molecule has 1 aromatic heterocycles. The maximum absolute atomic E-state index is 11.5. The number of carbonyl (C=O) groups is 1. The van der Waals surface area contributed by atoms with Gasteiger partial charge in [-0.25, -0.2) is 0 Å². The molecule has 4 heteroatoms. The van der Waals surface area contributed by atoms with Gasteiger partial charge in [0.1, 0.15) is 6.54 Å². The molecule has 0 saturated carbocycles. The highest BCUT2D eigenvalue weighted by atomic mass is 16.2. The molecule has 0 aromatic carbocycles. The Labute approximate surface area is 96.0 Å². The lowest BCUT2D eigenvalue weighted by Gasteiger charge is -2.04. The van der Waals surface area contributed by atoms with Crippen LogP contribution < -0.4 is 5.32 Å². The Morgan fingerprint density at radius 2 is 2.25 bits per heavy atom. The van der Waals surface area contributed by atoms with Gasteiger partial charge in [-0.2, -0.15) is 5.10 Å². The Morgan fingerprint density at radius 3 is 2.75 bits per heavy atom. The first-order valence-electron chi connectivity index (χ1n) is 5.33. The van der Waals surface area contributed by atoms with Crippen LogP contribution in [0.4, 0.5) is 0 Å². The number of aromatic nitrogens is 2. The number of rotatable bonds is 4. The van der Waals surface area contributed by atoms with Crippen molar-refractivity contribution in [1.82, 2.24) is 15.1 Å². The van der Waals surface area contributed by atoms with Crippen LogP contribution in [-0.4, -0.2) is 22.2 Å². The van der Waals surface area contributed by atoms with Gasteiger partial charge in [0.15, 0.2) is 0 Å². The molecule has 0 bridgehead atoms. The number of hydrogen-bond donors (Lipinski definition) is 1. The number of terminal acetylenes is 1. The molecule has 1 N–H and O–H groups in total. The zero-order chi connectivity index (χ0) is 12.1. The van der Waals surface area contributed by atoms with Crippen LogP contribution in [0.5, 0.6) is 0 Å². The van der Waals surface area contributed by atoms with Crippen LogP contribution in [-0.2, 0) is 17.8 Å². The van der Waals surface area contributed by atoms with E-state index in [4.69, 9.17) is 6.42 Å². The van der Waals surface area contributed by atoms with Crippen molar-refractivity contribution in [2.24, 2.45) is 0 Å². The van der Waals surface area contributed by atoms with Crippen molar-refractivity contribution in [1.29, 1.82) is 0 Å². The van der Waals surface area contributed by atoms with Gasteiger partial charge in [-0.1, -0.05) is 12.8 Å². The number of carbonyl (C=O) groups excluding carboxylic acids is 1. The second-order valence-electron chi connectivity index (χ2n) is 3.64. The maximum atomic E-state index is 11.5. The van der Waals surface area contributed by atoms with E-state index in [1.54, 1.807) is 4.68 Å². The molecular formula is C12H17N3O. The second kappa shape index (κ2) is 5.36. The molecule has 0 aliphatic carbocycles. The molecule has 1 heterocycles. The Bertz CT molecular complexity index is 426. The average Bonchev–Trinajstić information content (AvgIpc) is 2.51. The van der Waals surface area contributed by atoms with Gasteiger partial charge in [-0.15, -0.1) is 6.42 Å². The summed E-state index contributed by atoms with van der Waals surface area (Å²) in [5.41, 5.74) is 3.25. The van der Waals surface area contributed by atoms with E-state index >= 15 is 0 Å². The van der Waals surface area contributed by atoms with Gasteiger partial charge in [0.25, 0.3) is 0 Å². The van der Waals surface area contributed by atoms with Crippen molar-refractivity contribution in [3.63, 3.8) is 0 Å². The molecular weight excluding hydrogens is 202 g/mol. The van der Waals surface area contributed by atoms with E-state index in [2.05, 4.69) is 23.3 Å². The van der Waals surface area contributed by atoms with E-state index < -0.39 is 0 Å². The van der Waals surface area contributed by atoms with Gasteiger partial charge in [0, 0.05) is 5.69 Å². The van der Waals surface area contributed by atoms with E-state index in [0.717, 1.165) is 17.8 Å². The fourth-order valence-electron chi connectivity index (χ4n) is 1.74. The predicted octanol–water partition coefficient (Wildman–Crippen LogP) is 0.812. The molecule has 0 saturated heterocycles. The Balaban J connectivity index is 2.75. The smallest absolute Gasteiger partial charge is 0.242 e. The standard InChI is InChI=1S/C12H17N3O/c1-5-7-13-12(16)8-15-10(4)11(6-2)9(3)14-15/h1H,6-8H2,2-4H3,(H,13,16). The molecule has 0 aliphatic heterocycles. The molecule has 16 heavy (non-hydrogen) atoms. The first-order valence-corrected chi connectivity index (χ1v) is 5.33. The van der Waals surface area contributed by atoms with Gasteiger partial charge in [0.05, 0.1) is 12.2 Å². The van der Waals surface area contributed by atoms with E-state index in [-0.39, 0.29) is 19.0 Å². The van der Waals surface area contributed by atoms with Gasteiger partial charge < -0.3 is 5.32 Å². The van der Waals surface area contributed by atoms with Gasteiger partial charge in [-0.3, -0.25) is 9.48 Å². The summed E-state index contributed by atoms with van der Waals surface area (Å²) >= 11 is 0. The largest absolute Gasteiger partial charge is 0.344 e. The third-order valence-electron chi connectivity index (χ3n) is 2.57. The summed E-state index contributed by atoms with van der Waals surface area (Å²) in [6.45, 7) is 6.52. The Morgan fingerprint density at radius 1 is 1.56 bits per heavy atom. The summed E-state index contributed by atoms with van der Waals surface area (Å²) in [6.07, 6.45) is 6.00. The molecule has 1 rings (SSSR count). The molecule has 0 fully saturated rings. The highest BCUT2D eigenvalue weighted by molar-refractivity contribution is 5.76. The van der Waals surface area contributed by atoms with Gasteiger partial charge >= 0.3 is 0 Å². The Kier molecular flexibility index (Phi) is 4.12. The molecule has 1 amide bonds. The van der Waals surface area contributed by atoms with Crippen molar-refractivity contribution < 1.29 is 4.79 Å². The van der Waals surface area contributed by atoms with Crippen molar-refractivity contribution in [3.05, 3.63) is 17.0 Å². The van der Waals surface area contributed by atoms with Crippen LogP contribution in [0.1, 0.15) is 23.9 Å². The van der Waals surface area contributed by atoms with Crippen LogP contribution in [0, 0.1) is 26.2 Å². The third-order valence-corrected chi connectivity index (χ3v) is 2.57. The van der Waals surface area contributed by atoms with E-state index in [0.29, 0.717) is 0 Å². The number of nitrogens with zero attached hydrogens (tertiary/aromatic N) is 2. The van der Waals surface area contributed by atoms with E-state index in [9.17, 15) is 4.79 Å². The average molecular weight is 219 g/mol. The van der Waals surface area contributed by atoms with Crippen molar-refractivity contribution in [2.75, 3.05) is 6.54 Å². The minimum Gasteiger partial charge on any atom is -0.344 e. The fourth-order valence-corrected chi connectivity index (χ4v) is 1.74. The molecule has 0 radical (unpaired) electrons. The topological polar surface area (TPSA) is 46.9 Å². The van der Waals surface area contributed by atoms with Crippen LogP contribution in [0.15, 0.2) is 0 Å². The first kappa shape index (κ1) is 12.3. The second-order valence-corrected chi connectivity index (χ2v) is 3.64. The highest BCUT2D eigenvalue weighted by Gasteiger charge is 2.11. The lowest BCUT2D eigenvalue weighted by atomic mass is 10.1. The number of amides is 1. The van der Waals surface area contributed by atoms with Gasteiger partial charge in [-0.05, 0) is 25.8 Å². The molecule has 1 aromatic rings. The van der Waals surface area contributed by atoms with Crippen LogP contribution >= 0.6 is 0 Å². The van der Waals surface area contributed by atoms with Crippen LogP contribution in [0.2, 0.25) is 0 Å². The van der Waals surface area contributed by atoms with E-state index in [1.807, 2.05) is 13.8 Å². The molecule has 4 nitrogen and oxygen atoms in total. The lowest BCUT2D eigenvalue weighted by Crippen LogP contribution is -2.28. The zero-order valence-electron chi connectivity index (χ0n) is 10.0. The molecule has 0 spiro atoms. The monoisotopic (exact) mass is 219 g/mol. The minimum atomic E-state index is -0.105. The van der Waals surface area contributed by atoms with Crippen LogP contribution in [0.3, 0.4) is 0 Å². The zero-order valence-corrected chi connectivity index (χ0v) is 10.0. The summed E-state index contributed by atoms with van der Waals surface area (Å²) < 4.78 is 1.72. The maximum Gasteiger partial charge on any atom is 0.242 e. The molecule has 86 valence electrons. The minimum absolute atomic E-state index is 0.105. The molecule has 0 atom stereocenters. The predicted molar refractivity (Wildman–Crippen MR) is 62.9 cm³/mol. The van der Waals surface area contributed by atoms with Crippen molar-refractivity contribution in [3.8, 4) is 12.3 Å². The first-order chi connectivity index (χ1) is 7.60. The summed E-state index contributed by atoms with van der Waals surface area (Å²) in [6, 6.07) is 0. The summed E-state index contributed by atoms with van der Waals surface area (Å²) in [4.78, 5) is 11.5. The summed E-state index contributed by atoms with van der Waals surface area (Å²) in [5.74, 6) is 2.26. The normalized spacial score (nSPS) is 9.88. The fraction of sp³-hybridized carbons (Fsp3) is 0.500. The molecule has 0 unspecified atom stereocenters. The van der Waals surface area contributed by atoms with Crippen molar-refractivity contribution >= 4 is 5.91 Å². The van der Waals surface area contributed by atoms with Gasteiger partial charge in [0.2, 0.25) is 5.91 Å². The summed E-state index contributed by atoms with van der Waals surface area (Å²) in [7, 11) is 0. The number of aryl methyl sites for hydroxylation is 1. The van der Waals surface area contributed by atoms with Crippen LogP contribution in [0.25, 0.3) is 0 Å². The number of nitrogens with one attached hydrogen (secondary N) is 1. The molecule has 0 aliphatic rings. The summed E-state index contributed by atoms with van der Waals surface area (Å²) in [5, 5.41) is 6.95. The van der Waals surface area contributed by atoms with Crippen molar-refractivity contribution in [2.45, 2.75) is 33.7 Å². The Hall–Kier alpha value is -1.76. The lowest BCUT2D eigenvalue weighted by molar-refractivity contribution is -0.121. The highest BCUT2D eigenvalue weighted by Crippen LogP contribution is 2.12. The quantitative estimate of drug-likeness (QED) is 0.762.